The highest BCUT2D eigenvalue weighted by atomic mass is 35.5. The minimum absolute atomic E-state index is 0.0884. The van der Waals surface area contributed by atoms with Crippen molar-refractivity contribution in [3.63, 3.8) is 0 Å². The summed E-state index contributed by atoms with van der Waals surface area (Å²) >= 11 is 12.4. The molecule has 39 heavy (non-hydrogen) atoms. The second kappa shape index (κ2) is 13.7. The zero-order valence-electron chi connectivity index (χ0n) is 22.2. The normalized spacial score (nSPS) is 15.2. The zero-order chi connectivity index (χ0) is 27.8. The summed E-state index contributed by atoms with van der Waals surface area (Å²) in [4.78, 5) is 29.5. The Morgan fingerprint density at radius 1 is 1.03 bits per heavy atom. The molecule has 7 nitrogen and oxygen atoms in total. The lowest BCUT2D eigenvalue weighted by atomic mass is 10.1. The second-order valence-corrected chi connectivity index (χ2v) is 10.3. The molecule has 1 N–H and O–H groups in total. The summed E-state index contributed by atoms with van der Waals surface area (Å²) in [6, 6.07) is 20.3. The van der Waals surface area contributed by atoms with Crippen LogP contribution in [-0.4, -0.2) is 62.7 Å². The summed E-state index contributed by atoms with van der Waals surface area (Å²) in [6.45, 7) is 3.63. The number of carbonyl (C=O) groups is 2. The number of hydrogen-bond donors (Lipinski definition) is 1. The minimum atomic E-state index is -0.614. The van der Waals surface area contributed by atoms with Gasteiger partial charge in [0, 0.05) is 25.8 Å². The van der Waals surface area contributed by atoms with Crippen molar-refractivity contribution in [2.75, 3.05) is 44.8 Å². The van der Waals surface area contributed by atoms with Gasteiger partial charge in [-0.05, 0) is 67.3 Å². The smallest absolute Gasteiger partial charge is 0.246 e. The average molecular weight is 571 g/mol. The SMILES string of the molecule is Cc1cc(Cl)c(OCCOc2ccc(N3C(=O)CNC[C@@H]3C(=O)N(C)CCCc3ccccc3)cc2)c(Cl)c1. The number of benzene rings is 3. The number of carbonyl (C=O) groups excluding carboxylic acids is 2. The maximum atomic E-state index is 13.3. The minimum Gasteiger partial charge on any atom is -0.490 e. The first-order valence-corrected chi connectivity index (χ1v) is 13.7. The molecule has 0 unspecified atom stereocenters. The Hall–Kier alpha value is -3.26. The predicted molar refractivity (Wildman–Crippen MR) is 155 cm³/mol. The summed E-state index contributed by atoms with van der Waals surface area (Å²) in [7, 11) is 1.79. The van der Waals surface area contributed by atoms with Crippen LogP contribution in [0.15, 0.2) is 66.7 Å². The molecule has 1 atom stereocenters. The number of piperazine rings is 1. The van der Waals surface area contributed by atoms with Crippen LogP contribution in [0.5, 0.6) is 11.5 Å². The van der Waals surface area contributed by atoms with E-state index >= 15 is 0 Å². The van der Waals surface area contributed by atoms with Crippen molar-refractivity contribution in [3.8, 4) is 11.5 Å². The van der Waals surface area contributed by atoms with Crippen molar-refractivity contribution < 1.29 is 19.1 Å². The van der Waals surface area contributed by atoms with Crippen LogP contribution in [0.1, 0.15) is 17.5 Å². The first-order valence-electron chi connectivity index (χ1n) is 13.0. The molecule has 0 saturated carbocycles. The highest BCUT2D eigenvalue weighted by Gasteiger charge is 2.35. The van der Waals surface area contributed by atoms with Crippen molar-refractivity contribution in [1.82, 2.24) is 10.2 Å². The largest absolute Gasteiger partial charge is 0.490 e. The van der Waals surface area contributed by atoms with E-state index in [-0.39, 0.29) is 31.6 Å². The lowest BCUT2D eigenvalue weighted by Gasteiger charge is -2.37. The van der Waals surface area contributed by atoms with Crippen molar-refractivity contribution in [2.45, 2.75) is 25.8 Å². The quantitative estimate of drug-likeness (QED) is 0.323. The van der Waals surface area contributed by atoms with E-state index in [9.17, 15) is 9.59 Å². The summed E-state index contributed by atoms with van der Waals surface area (Å²) in [6.07, 6.45) is 1.74. The molecular weight excluding hydrogens is 537 g/mol. The van der Waals surface area contributed by atoms with E-state index in [0.717, 1.165) is 18.4 Å². The number of rotatable bonds is 11. The van der Waals surface area contributed by atoms with Gasteiger partial charge in [0.15, 0.2) is 5.75 Å². The molecule has 3 aromatic rings. The van der Waals surface area contributed by atoms with E-state index in [2.05, 4.69) is 17.4 Å². The van der Waals surface area contributed by atoms with E-state index in [4.69, 9.17) is 32.7 Å². The van der Waals surface area contributed by atoms with Crippen molar-refractivity contribution >= 4 is 40.7 Å². The first-order chi connectivity index (χ1) is 18.8. The third-order valence-electron chi connectivity index (χ3n) is 6.51. The van der Waals surface area contributed by atoms with Gasteiger partial charge in [0.1, 0.15) is 25.0 Å². The maximum absolute atomic E-state index is 13.3. The Balaban J connectivity index is 1.32. The van der Waals surface area contributed by atoms with Gasteiger partial charge in [-0.15, -0.1) is 0 Å². The van der Waals surface area contributed by atoms with Gasteiger partial charge in [0.25, 0.3) is 0 Å². The summed E-state index contributed by atoms with van der Waals surface area (Å²) in [5.74, 6) is 0.813. The number of halogens is 2. The van der Waals surface area contributed by atoms with Crippen LogP contribution >= 0.6 is 23.2 Å². The van der Waals surface area contributed by atoms with Crippen molar-refractivity contribution in [1.29, 1.82) is 0 Å². The highest BCUT2D eigenvalue weighted by molar-refractivity contribution is 6.37. The number of ether oxygens (including phenoxy) is 2. The second-order valence-electron chi connectivity index (χ2n) is 9.51. The van der Waals surface area contributed by atoms with Gasteiger partial charge in [0.05, 0.1) is 16.6 Å². The van der Waals surface area contributed by atoms with Gasteiger partial charge in [-0.3, -0.25) is 14.5 Å². The van der Waals surface area contributed by atoms with Crippen molar-refractivity contribution in [3.05, 3.63) is 87.9 Å². The summed E-state index contributed by atoms with van der Waals surface area (Å²) < 4.78 is 11.5. The molecule has 1 saturated heterocycles. The van der Waals surface area contributed by atoms with Gasteiger partial charge in [-0.25, -0.2) is 0 Å². The molecule has 4 rings (SSSR count). The molecule has 1 aliphatic rings. The Kier molecular flexibility index (Phi) is 10.1. The third kappa shape index (κ3) is 7.66. The Labute approximate surface area is 239 Å². The molecule has 206 valence electrons. The van der Waals surface area contributed by atoms with Crippen LogP contribution in [0, 0.1) is 6.92 Å². The molecule has 1 heterocycles. The van der Waals surface area contributed by atoms with Crippen LogP contribution in [0.3, 0.4) is 0 Å². The topological polar surface area (TPSA) is 71.1 Å². The standard InChI is InChI=1S/C30H33Cl2N3O4/c1-21-17-25(31)29(26(32)18-21)39-16-15-38-24-12-10-23(11-13-24)35-27(19-33-20-28(35)36)30(37)34(2)14-6-9-22-7-4-3-5-8-22/h3-5,7-8,10-13,17-18,27,33H,6,9,14-16,19-20H2,1-2H3/t27-/m1/s1. The van der Waals surface area contributed by atoms with E-state index < -0.39 is 6.04 Å². The van der Waals surface area contributed by atoms with Gasteiger partial charge in [-0.1, -0.05) is 53.5 Å². The van der Waals surface area contributed by atoms with Crippen molar-refractivity contribution in [2.24, 2.45) is 0 Å². The van der Waals surface area contributed by atoms with Gasteiger partial charge in [0.2, 0.25) is 11.8 Å². The van der Waals surface area contributed by atoms with Gasteiger partial charge < -0.3 is 19.7 Å². The first kappa shape index (κ1) is 28.7. The third-order valence-corrected chi connectivity index (χ3v) is 7.07. The summed E-state index contributed by atoms with van der Waals surface area (Å²) in [5, 5.41) is 3.99. The van der Waals surface area contributed by atoms with Gasteiger partial charge in [-0.2, -0.15) is 0 Å². The fourth-order valence-electron chi connectivity index (χ4n) is 4.55. The molecule has 1 fully saturated rings. The van der Waals surface area contributed by atoms with Crippen LogP contribution in [-0.2, 0) is 16.0 Å². The average Bonchev–Trinajstić information content (AvgIpc) is 2.92. The lowest BCUT2D eigenvalue weighted by molar-refractivity contribution is -0.134. The molecule has 0 bridgehead atoms. The van der Waals surface area contributed by atoms with E-state index in [1.165, 1.54) is 5.56 Å². The van der Waals surface area contributed by atoms with Gasteiger partial charge >= 0.3 is 0 Å². The Bertz CT molecular complexity index is 1250. The monoisotopic (exact) mass is 569 g/mol. The van der Waals surface area contributed by atoms with E-state index in [1.54, 1.807) is 53.2 Å². The predicted octanol–water partition coefficient (Wildman–Crippen LogP) is 5.16. The molecular formula is C30H33Cl2N3O4. The number of likely N-dealkylation sites (N-methyl/N-ethyl adjacent to an activating group) is 1. The van der Waals surface area contributed by atoms with Crippen LogP contribution in [0.4, 0.5) is 5.69 Å². The fraction of sp³-hybridized carbons (Fsp3) is 0.333. The number of hydrogen-bond acceptors (Lipinski definition) is 5. The Morgan fingerprint density at radius 2 is 1.69 bits per heavy atom. The van der Waals surface area contributed by atoms with E-state index in [0.29, 0.717) is 40.3 Å². The summed E-state index contributed by atoms with van der Waals surface area (Å²) in [5.41, 5.74) is 2.85. The Morgan fingerprint density at radius 3 is 2.38 bits per heavy atom. The number of anilines is 1. The van der Waals surface area contributed by atoms with Crippen LogP contribution in [0.25, 0.3) is 0 Å². The lowest BCUT2D eigenvalue weighted by Crippen LogP contribution is -2.61. The van der Waals surface area contributed by atoms with E-state index in [1.807, 2.05) is 25.1 Å². The highest BCUT2D eigenvalue weighted by Crippen LogP contribution is 2.34. The molecule has 2 amide bonds. The molecule has 0 aromatic heterocycles. The molecule has 9 heteroatoms. The maximum Gasteiger partial charge on any atom is 0.246 e. The number of nitrogens with one attached hydrogen (secondary N) is 1. The molecule has 3 aromatic carbocycles. The number of nitrogens with zero attached hydrogens (tertiary/aromatic N) is 2. The molecule has 0 radical (unpaired) electrons. The number of amides is 2. The molecule has 0 spiro atoms. The van der Waals surface area contributed by atoms with Crippen LogP contribution in [0.2, 0.25) is 10.0 Å². The zero-order valence-corrected chi connectivity index (χ0v) is 23.7. The van der Waals surface area contributed by atoms with Crippen LogP contribution < -0.4 is 19.7 Å². The molecule has 0 aliphatic carbocycles. The fourth-order valence-corrected chi connectivity index (χ4v) is 5.25. The number of aryl methyl sites for hydroxylation is 2. The molecule has 1 aliphatic heterocycles.